The molecule has 2 N–H and O–H groups in total. The average molecular weight is 278 g/mol. The van der Waals surface area contributed by atoms with Gasteiger partial charge in [-0.15, -0.1) is 0 Å². The second-order valence-corrected chi connectivity index (χ2v) is 3.87. The lowest BCUT2D eigenvalue weighted by Gasteiger charge is -2.07. The molecule has 2 aromatic rings. The average Bonchev–Trinajstić information content (AvgIpc) is 2.40. The fourth-order valence-electron chi connectivity index (χ4n) is 1.53. The van der Waals surface area contributed by atoms with Gasteiger partial charge in [-0.25, -0.2) is 9.37 Å². The van der Waals surface area contributed by atoms with Crippen LogP contribution in [0.1, 0.15) is 12.7 Å². The van der Waals surface area contributed by atoms with Gasteiger partial charge in [0.2, 0.25) is 11.6 Å². The third-order valence-electron chi connectivity index (χ3n) is 2.42. The molecule has 0 spiro atoms. The van der Waals surface area contributed by atoms with Crippen LogP contribution in [0.4, 0.5) is 15.9 Å². The SMILES string of the molecule is CCc1nc(N)cc(Oc2ccc(F)cc2[N+](=O)[O-])n1. The Kier molecular flexibility index (Phi) is 3.74. The molecular weight excluding hydrogens is 267 g/mol. The summed E-state index contributed by atoms with van der Waals surface area (Å²) in [7, 11) is 0. The van der Waals surface area contributed by atoms with Crippen molar-refractivity contribution in [2.24, 2.45) is 0 Å². The highest BCUT2D eigenvalue weighted by Crippen LogP contribution is 2.31. The van der Waals surface area contributed by atoms with E-state index in [4.69, 9.17) is 10.5 Å². The van der Waals surface area contributed by atoms with Gasteiger partial charge in [-0.3, -0.25) is 10.1 Å². The quantitative estimate of drug-likeness (QED) is 0.680. The van der Waals surface area contributed by atoms with Gasteiger partial charge in [0.25, 0.3) is 0 Å². The van der Waals surface area contributed by atoms with Gasteiger partial charge in [-0.2, -0.15) is 4.98 Å². The maximum atomic E-state index is 13.0. The molecule has 0 amide bonds. The number of ether oxygens (including phenoxy) is 1. The van der Waals surface area contributed by atoms with Gasteiger partial charge in [-0.05, 0) is 12.1 Å². The molecule has 0 unspecified atom stereocenters. The van der Waals surface area contributed by atoms with Crippen LogP contribution in [0.15, 0.2) is 24.3 Å². The monoisotopic (exact) mass is 278 g/mol. The van der Waals surface area contributed by atoms with Gasteiger partial charge in [-0.1, -0.05) is 6.92 Å². The summed E-state index contributed by atoms with van der Waals surface area (Å²) in [6.45, 7) is 1.83. The Hall–Kier alpha value is -2.77. The fraction of sp³-hybridized carbons (Fsp3) is 0.167. The third-order valence-corrected chi connectivity index (χ3v) is 2.42. The van der Waals surface area contributed by atoms with Crippen LogP contribution in [-0.4, -0.2) is 14.9 Å². The van der Waals surface area contributed by atoms with Crippen LogP contribution in [0, 0.1) is 15.9 Å². The normalized spacial score (nSPS) is 10.3. The highest BCUT2D eigenvalue weighted by molar-refractivity contribution is 5.48. The molecule has 20 heavy (non-hydrogen) atoms. The zero-order valence-corrected chi connectivity index (χ0v) is 10.5. The molecule has 0 aliphatic rings. The van der Waals surface area contributed by atoms with E-state index in [9.17, 15) is 14.5 Å². The molecule has 8 heteroatoms. The summed E-state index contributed by atoms with van der Waals surface area (Å²) in [6, 6.07) is 4.35. The molecule has 7 nitrogen and oxygen atoms in total. The first-order valence-corrected chi connectivity index (χ1v) is 5.75. The van der Waals surface area contributed by atoms with Crippen LogP contribution in [0.3, 0.4) is 0 Å². The number of nitrogens with two attached hydrogens (primary N) is 1. The smallest absolute Gasteiger partial charge is 0.314 e. The number of benzene rings is 1. The van der Waals surface area contributed by atoms with E-state index < -0.39 is 16.4 Å². The van der Waals surface area contributed by atoms with E-state index in [2.05, 4.69) is 9.97 Å². The summed E-state index contributed by atoms with van der Waals surface area (Å²) in [6.07, 6.45) is 0.535. The van der Waals surface area contributed by atoms with Crippen LogP contribution in [0.5, 0.6) is 11.6 Å². The summed E-state index contributed by atoms with van der Waals surface area (Å²) in [5.41, 5.74) is 5.10. The highest BCUT2D eigenvalue weighted by Gasteiger charge is 2.18. The molecule has 2 rings (SSSR count). The number of nitrogens with zero attached hydrogens (tertiary/aromatic N) is 3. The van der Waals surface area contributed by atoms with Crippen molar-refractivity contribution in [3.63, 3.8) is 0 Å². The van der Waals surface area contributed by atoms with Crippen molar-refractivity contribution in [1.82, 2.24) is 9.97 Å². The Labute approximate surface area is 113 Å². The number of nitro groups is 1. The molecule has 1 aromatic carbocycles. The van der Waals surface area contributed by atoms with Gasteiger partial charge in [0.1, 0.15) is 17.5 Å². The van der Waals surface area contributed by atoms with Crippen molar-refractivity contribution >= 4 is 11.5 Å². The molecule has 0 atom stereocenters. The molecule has 1 aromatic heterocycles. The van der Waals surface area contributed by atoms with E-state index in [1.54, 1.807) is 0 Å². The molecule has 104 valence electrons. The van der Waals surface area contributed by atoms with Crippen molar-refractivity contribution in [1.29, 1.82) is 0 Å². The van der Waals surface area contributed by atoms with Gasteiger partial charge in [0.15, 0.2) is 0 Å². The zero-order chi connectivity index (χ0) is 14.7. The number of aromatic nitrogens is 2. The summed E-state index contributed by atoms with van der Waals surface area (Å²) < 4.78 is 18.3. The molecule has 0 bridgehead atoms. The Morgan fingerprint density at radius 3 is 2.80 bits per heavy atom. The maximum Gasteiger partial charge on any atom is 0.314 e. The van der Waals surface area contributed by atoms with Crippen molar-refractivity contribution in [3.8, 4) is 11.6 Å². The van der Waals surface area contributed by atoms with Gasteiger partial charge < -0.3 is 10.5 Å². The zero-order valence-electron chi connectivity index (χ0n) is 10.5. The summed E-state index contributed by atoms with van der Waals surface area (Å²) >= 11 is 0. The molecule has 0 aliphatic carbocycles. The number of hydrogen-bond acceptors (Lipinski definition) is 6. The predicted octanol–water partition coefficient (Wildman–Crippen LogP) is 2.46. The highest BCUT2D eigenvalue weighted by atomic mass is 19.1. The lowest BCUT2D eigenvalue weighted by Crippen LogP contribution is -2.01. The second-order valence-electron chi connectivity index (χ2n) is 3.87. The first kappa shape index (κ1) is 13.7. The maximum absolute atomic E-state index is 13.0. The Balaban J connectivity index is 2.39. The van der Waals surface area contributed by atoms with Crippen LogP contribution in [0.25, 0.3) is 0 Å². The standard InChI is InChI=1S/C12H11FN4O3/c1-2-11-15-10(14)6-12(16-11)20-9-4-3-7(13)5-8(9)17(18)19/h3-6H,2H2,1H3,(H2,14,15,16). The van der Waals surface area contributed by atoms with Crippen LogP contribution in [0.2, 0.25) is 0 Å². The van der Waals surface area contributed by atoms with E-state index in [0.717, 1.165) is 18.2 Å². The van der Waals surface area contributed by atoms with E-state index in [1.807, 2.05) is 6.92 Å². The van der Waals surface area contributed by atoms with Crippen molar-refractivity contribution in [2.45, 2.75) is 13.3 Å². The Morgan fingerprint density at radius 1 is 1.40 bits per heavy atom. The second kappa shape index (κ2) is 5.47. The van der Waals surface area contributed by atoms with Crippen LogP contribution < -0.4 is 10.5 Å². The summed E-state index contributed by atoms with van der Waals surface area (Å²) in [5, 5.41) is 10.9. The number of aryl methyl sites for hydroxylation is 1. The van der Waals surface area contributed by atoms with Gasteiger partial charge >= 0.3 is 5.69 Å². The summed E-state index contributed by atoms with van der Waals surface area (Å²) in [5.74, 6) is -0.123. The molecule has 0 aliphatic heterocycles. The van der Waals surface area contributed by atoms with Crippen molar-refractivity contribution in [2.75, 3.05) is 5.73 Å². The number of anilines is 1. The number of halogens is 1. The molecule has 0 radical (unpaired) electrons. The lowest BCUT2D eigenvalue weighted by atomic mass is 10.3. The first-order chi connectivity index (χ1) is 9.49. The van der Waals surface area contributed by atoms with Crippen molar-refractivity contribution < 1.29 is 14.1 Å². The predicted molar refractivity (Wildman–Crippen MR) is 69.0 cm³/mol. The van der Waals surface area contributed by atoms with E-state index in [-0.39, 0.29) is 17.4 Å². The minimum atomic E-state index is -0.732. The number of hydrogen-bond donors (Lipinski definition) is 1. The molecule has 0 fully saturated rings. The summed E-state index contributed by atoms with van der Waals surface area (Å²) in [4.78, 5) is 18.1. The minimum absolute atomic E-state index is 0.0732. The number of nitrogen functional groups attached to an aromatic ring is 1. The fourth-order valence-corrected chi connectivity index (χ4v) is 1.53. The minimum Gasteiger partial charge on any atom is -0.432 e. The number of rotatable bonds is 4. The van der Waals surface area contributed by atoms with Gasteiger partial charge in [0.05, 0.1) is 11.0 Å². The molecule has 0 saturated carbocycles. The third kappa shape index (κ3) is 2.97. The van der Waals surface area contributed by atoms with E-state index in [1.165, 1.54) is 6.07 Å². The van der Waals surface area contributed by atoms with E-state index in [0.29, 0.717) is 12.2 Å². The lowest BCUT2D eigenvalue weighted by molar-refractivity contribution is -0.385. The molecule has 1 heterocycles. The Morgan fingerprint density at radius 2 is 2.15 bits per heavy atom. The van der Waals surface area contributed by atoms with Crippen LogP contribution >= 0.6 is 0 Å². The molecule has 0 saturated heterocycles. The topological polar surface area (TPSA) is 104 Å². The van der Waals surface area contributed by atoms with E-state index >= 15 is 0 Å². The van der Waals surface area contributed by atoms with Crippen molar-refractivity contribution in [3.05, 3.63) is 46.0 Å². The van der Waals surface area contributed by atoms with Crippen LogP contribution in [-0.2, 0) is 6.42 Å². The Bertz CT molecular complexity index is 663. The molecular formula is C12H11FN4O3. The number of nitro benzene ring substituents is 1. The largest absolute Gasteiger partial charge is 0.432 e. The van der Waals surface area contributed by atoms with Gasteiger partial charge in [0, 0.05) is 12.5 Å². The first-order valence-electron chi connectivity index (χ1n) is 5.75.